The Morgan fingerprint density at radius 1 is 0.957 bits per heavy atom. The van der Waals surface area contributed by atoms with Gasteiger partial charge in [-0.1, -0.05) is 37.3 Å². The maximum Gasteiger partial charge on any atom is 0.200 e. The van der Waals surface area contributed by atoms with Gasteiger partial charge in [0.2, 0.25) is 5.75 Å². The number of aromatic hydroxyl groups is 4. The molecule has 2 aromatic heterocycles. The Balaban J connectivity index is 1.23. The second-order valence-electron chi connectivity index (χ2n) is 20.0. The number of aromatic amines is 1. The molecular formula is C57H66N4O9. The zero-order chi connectivity index (χ0) is 49.1. The smallest absolute Gasteiger partial charge is 0.200 e. The number of aliphatic hydroxyl groups excluding tert-OH is 2. The predicted molar refractivity (Wildman–Crippen MR) is 270 cm³/mol. The number of allylic oxidation sites excluding steroid dienone is 1. The number of hydrogen-bond acceptors (Lipinski definition) is 12. The molecule has 3 heterocycles. The average Bonchev–Trinajstić information content (AvgIpc) is 3.99. The Morgan fingerprint density at radius 3 is 2.60 bits per heavy atom. The number of nitrogens with zero attached hydrogens (tertiary/aromatic N) is 1. The van der Waals surface area contributed by atoms with Crippen LogP contribution < -0.4 is 20.1 Å². The van der Waals surface area contributed by atoms with Crippen molar-refractivity contribution < 1.29 is 44.9 Å². The summed E-state index contributed by atoms with van der Waals surface area (Å²) in [6, 6.07) is 25.4. The fourth-order valence-corrected chi connectivity index (χ4v) is 12.2. The lowest BCUT2D eigenvalue weighted by Crippen LogP contribution is -2.51. The summed E-state index contributed by atoms with van der Waals surface area (Å²) in [6.45, 7) is 2.97. The summed E-state index contributed by atoms with van der Waals surface area (Å²) in [5.74, 6) is -1.72. The molecule has 1 aliphatic heterocycles. The van der Waals surface area contributed by atoms with E-state index in [2.05, 4.69) is 34.7 Å². The van der Waals surface area contributed by atoms with Gasteiger partial charge < -0.3 is 55.7 Å². The third-order valence-electron chi connectivity index (χ3n) is 15.5. The zero-order valence-electron chi connectivity index (χ0n) is 40.1. The minimum Gasteiger partial charge on any atom is -0.508 e. The van der Waals surface area contributed by atoms with Gasteiger partial charge >= 0.3 is 0 Å². The van der Waals surface area contributed by atoms with Crippen LogP contribution in [-0.2, 0) is 23.1 Å². The average molecular weight is 951 g/mol. The van der Waals surface area contributed by atoms with Crippen LogP contribution in [0.4, 0.5) is 11.5 Å². The number of H-pyrrole nitrogens is 1. The molecule has 2 bridgehead atoms. The van der Waals surface area contributed by atoms with Crippen LogP contribution in [0.5, 0.6) is 34.5 Å². The number of aryl methyl sites for hydroxylation is 1. The molecule has 0 radical (unpaired) electrons. The van der Waals surface area contributed by atoms with E-state index in [-0.39, 0.29) is 59.2 Å². The molecule has 3 aliphatic rings. The quantitative estimate of drug-likeness (QED) is 0.0392. The molecule has 1 saturated carbocycles. The maximum atomic E-state index is 16.2. The van der Waals surface area contributed by atoms with E-state index in [1.807, 2.05) is 55.7 Å². The molecule has 9 atom stereocenters. The van der Waals surface area contributed by atoms with Crippen molar-refractivity contribution in [3.05, 3.63) is 137 Å². The molecule has 2 aliphatic carbocycles. The van der Waals surface area contributed by atoms with E-state index < -0.39 is 35.4 Å². The van der Waals surface area contributed by atoms with Gasteiger partial charge in [-0.3, -0.25) is 4.79 Å². The van der Waals surface area contributed by atoms with Crippen LogP contribution in [0, 0.1) is 23.7 Å². The van der Waals surface area contributed by atoms with Crippen LogP contribution in [0.25, 0.3) is 10.8 Å². The standard InChI is InChI=1S/C57H66N4O9/c1-33-6-4-7-35(22-33)32-70-52-28-38(27-50(67)56(52)68)37-24-39(31-58-2)54-43-13-12-42(62)25-36(43)11-14-45(54)61-53-29-40(18-21-60-53)57(19-17-46(63)44(57)30-41-8-5-20-59-41)55(49(66)26-37)48(65)16-10-34-9-15-47(64)51(23-34)69-3/h4-5,7-9,11-15,18,20-21,23,25,27-29,33,35,37,39,44,46,48,55,58-59,62-65,67-68H,6,10,16-17,19,22,24,26,30-32H2,1-3H3,(H,60,61). The number of anilines is 2. The van der Waals surface area contributed by atoms with Gasteiger partial charge in [0, 0.05) is 54.0 Å². The van der Waals surface area contributed by atoms with Gasteiger partial charge in [-0.25, -0.2) is 4.98 Å². The van der Waals surface area contributed by atoms with Gasteiger partial charge in [-0.2, -0.15) is 0 Å². The van der Waals surface area contributed by atoms with Crippen molar-refractivity contribution in [1.82, 2.24) is 15.3 Å². The first-order valence-corrected chi connectivity index (χ1v) is 24.7. The topological polar surface area (TPSA) is 210 Å². The van der Waals surface area contributed by atoms with Crippen molar-refractivity contribution in [2.24, 2.45) is 23.7 Å². The molecule has 1 fully saturated rings. The van der Waals surface area contributed by atoms with Crippen LogP contribution in [-0.4, -0.2) is 85.9 Å². The van der Waals surface area contributed by atoms with Crippen molar-refractivity contribution in [3.63, 3.8) is 0 Å². The molecule has 0 amide bonds. The second-order valence-corrected chi connectivity index (χ2v) is 20.0. The number of likely N-dealkylation sites (N-methyl/N-ethyl adjacent to an activating group) is 1. The highest BCUT2D eigenvalue weighted by Gasteiger charge is 2.58. The van der Waals surface area contributed by atoms with Gasteiger partial charge in [-0.05, 0) is 176 Å². The number of phenolic OH excluding ortho intramolecular Hbond substituents is 4. The Hall–Kier alpha value is -6.54. The molecular weight excluding hydrogens is 885 g/mol. The lowest BCUT2D eigenvalue weighted by Gasteiger charge is -2.45. The molecule has 4 aromatic carbocycles. The first-order chi connectivity index (χ1) is 33.8. The van der Waals surface area contributed by atoms with Crippen LogP contribution in [0.1, 0.15) is 91.7 Å². The van der Waals surface area contributed by atoms with Crippen molar-refractivity contribution >= 4 is 28.1 Å². The number of ketones is 1. The van der Waals surface area contributed by atoms with Crippen molar-refractivity contribution in [2.75, 3.05) is 32.6 Å². The van der Waals surface area contributed by atoms with E-state index in [1.165, 1.54) is 13.2 Å². The Labute approximate surface area is 409 Å². The summed E-state index contributed by atoms with van der Waals surface area (Å²) < 4.78 is 11.8. The molecule has 9 N–H and O–H groups in total. The van der Waals surface area contributed by atoms with E-state index in [0.29, 0.717) is 68.3 Å². The minimum atomic E-state index is -1.21. The van der Waals surface area contributed by atoms with Crippen LogP contribution in [0.3, 0.4) is 0 Å². The number of Topliss-reactive ketones (excluding diaryl/α,β-unsaturated/α-hetero) is 1. The minimum absolute atomic E-state index is 0.00414. The SMILES string of the molecule is CNCC1CC(c2cc(O)c(O)c(OCC3C=CCC(C)C3)c2)CC(=O)C(C(O)CCc2ccc(O)c(OC)c2)C2(CCC(O)C2Cc2ccc[nH]2)c2ccnc(c2)Nc2ccc3cc(O)ccc3c21. The molecule has 1 spiro atoms. The van der Waals surface area contributed by atoms with Crippen molar-refractivity contribution in [2.45, 2.75) is 94.2 Å². The number of fused-ring (bicyclic) bond motifs is 6. The number of aliphatic hydroxyl groups is 2. The number of hydrogen-bond donors (Lipinski definition) is 9. The molecule has 9 rings (SSSR count). The largest absolute Gasteiger partial charge is 0.508 e. The molecule has 13 nitrogen and oxygen atoms in total. The summed E-state index contributed by atoms with van der Waals surface area (Å²) in [5, 5.41) is 77.9. The van der Waals surface area contributed by atoms with E-state index in [9.17, 15) is 30.6 Å². The summed E-state index contributed by atoms with van der Waals surface area (Å²) in [6.07, 6.45) is 9.79. The summed E-state index contributed by atoms with van der Waals surface area (Å²) in [4.78, 5) is 24.4. The fourth-order valence-electron chi connectivity index (χ4n) is 12.2. The van der Waals surface area contributed by atoms with Gasteiger partial charge in [-0.15, -0.1) is 0 Å². The number of phenols is 4. The first kappa shape index (κ1) is 48.5. The van der Waals surface area contributed by atoms with E-state index in [0.717, 1.165) is 51.7 Å². The Morgan fingerprint density at radius 2 is 1.81 bits per heavy atom. The van der Waals surface area contributed by atoms with E-state index >= 15 is 4.79 Å². The molecule has 0 saturated heterocycles. The normalized spacial score (nSPS) is 25.1. The van der Waals surface area contributed by atoms with Gasteiger partial charge in [0.25, 0.3) is 0 Å². The number of carbonyl (C=O) groups excluding carboxylic acids is 1. The number of nitrogens with one attached hydrogen (secondary N) is 3. The third kappa shape index (κ3) is 9.92. The van der Waals surface area contributed by atoms with E-state index in [4.69, 9.17) is 14.5 Å². The van der Waals surface area contributed by atoms with Crippen molar-refractivity contribution in [3.8, 4) is 34.5 Å². The molecule has 368 valence electrons. The van der Waals surface area contributed by atoms with Crippen LogP contribution >= 0.6 is 0 Å². The van der Waals surface area contributed by atoms with E-state index in [1.54, 1.807) is 42.6 Å². The first-order valence-electron chi connectivity index (χ1n) is 24.7. The monoisotopic (exact) mass is 950 g/mol. The number of ether oxygens (including phenoxy) is 2. The third-order valence-corrected chi connectivity index (χ3v) is 15.5. The highest BCUT2D eigenvalue weighted by molar-refractivity contribution is 5.93. The molecule has 9 unspecified atom stereocenters. The van der Waals surface area contributed by atoms with Gasteiger partial charge in [0.15, 0.2) is 23.0 Å². The number of aromatic nitrogens is 2. The van der Waals surface area contributed by atoms with Gasteiger partial charge in [0.1, 0.15) is 17.4 Å². The summed E-state index contributed by atoms with van der Waals surface area (Å²) in [7, 11) is 3.36. The van der Waals surface area contributed by atoms with Crippen LogP contribution in [0.15, 0.2) is 109 Å². The number of pyridine rings is 1. The van der Waals surface area contributed by atoms with Crippen molar-refractivity contribution in [1.29, 1.82) is 0 Å². The molecule has 70 heavy (non-hydrogen) atoms. The molecule has 6 aromatic rings. The number of carbonyl (C=O) groups is 1. The van der Waals surface area contributed by atoms with Gasteiger partial charge in [0.05, 0.1) is 31.8 Å². The highest BCUT2D eigenvalue weighted by Crippen LogP contribution is 2.56. The fraction of sp³-hybridized carbons (Fsp3) is 0.404. The maximum absolute atomic E-state index is 16.2. The zero-order valence-corrected chi connectivity index (χ0v) is 40.1. The molecule has 13 heteroatoms. The number of rotatable bonds is 13. The van der Waals surface area contributed by atoms with Crippen LogP contribution in [0.2, 0.25) is 0 Å². The Kier molecular flexibility index (Phi) is 14.4. The highest BCUT2D eigenvalue weighted by atomic mass is 16.5. The lowest BCUT2D eigenvalue weighted by molar-refractivity contribution is -0.132. The Bertz CT molecular complexity index is 2830. The summed E-state index contributed by atoms with van der Waals surface area (Å²) in [5.41, 5.74) is 3.67. The predicted octanol–water partition coefficient (Wildman–Crippen LogP) is 9.43. The number of benzene rings is 4. The second kappa shape index (κ2) is 20.8. The summed E-state index contributed by atoms with van der Waals surface area (Å²) >= 11 is 0. The number of methoxy groups -OCH3 is 1. The lowest BCUT2D eigenvalue weighted by atomic mass is 9.58.